The van der Waals surface area contributed by atoms with E-state index >= 15 is 0 Å². The van der Waals surface area contributed by atoms with Gasteiger partial charge in [0.1, 0.15) is 6.61 Å². The van der Waals surface area contributed by atoms with Crippen LogP contribution < -0.4 is 0 Å². The van der Waals surface area contributed by atoms with Gasteiger partial charge in [0.15, 0.2) is 6.10 Å². The molecule has 0 aliphatic rings. The second kappa shape index (κ2) is 31.7. The summed E-state index contributed by atoms with van der Waals surface area (Å²) in [6.07, 6.45) is 38.0. The third-order valence-corrected chi connectivity index (χ3v) is 7.26. The number of hydrogen-bond donors (Lipinski definition) is 2. The summed E-state index contributed by atoms with van der Waals surface area (Å²) in [5, 5.41) is 0. The molecule has 0 heterocycles. The molecule has 0 aromatic heterocycles. The van der Waals surface area contributed by atoms with E-state index in [0.717, 1.165) is 77.0 Å². The number of carbonyl (C=O) groups is 2. The number of rotatable bonds is 30. The molecule has 0 fully saturated rings. The fraction of sp³-hybridized carbons (Fsp3) is 0.667. The van der Waals surface area contributed by atoms with Crippen LogP contribution in [0.25, 0.3) is 0 Å². The Bertz CT molecular complexity index is 916. The number of phosphoric acid groups is 1. The van der Waals surface area contributed by atoms with Crippen molar-refractivity contribution in [2.45, 2.75) is 142 Å². The van der Waals surface area contributed by atoms with Crippen LogP contribution in [0, 0.1) is 0 Å². The number of phosphoric ester groups is 1. The van der Waals surface area contributed by atoms with Crippen LogP contribution in [0.3, 0.4) is 0 Å². The Morgan fingerprint density at radius 3 is 1.67 bits per heavy atom. The molecule has 2 N–H and O–H groups in total. The maximum absolute atomic E-state index is 12.3. The average Bonchev–Trinajstić information content (AvgIpc) is 3.00. The lowest BCUT2D eigenvalue weighted by Gasteiger charge is -2.18. The quantitative estimate of drug-likeness (QED) is 0.0341. The molecule has 0 rings (SSSR count). The number of esters is 2. The van der Waals surface area contributed by atoms with Crippen LogP contribution in [-0.2, 0) is 28.2 Å². The average molecular weight is 653 g/mol. The van der Waals surface area contributed by atoms with Crippen molar-refractivity contribution in [1.82, 2.24) is 0 Å². The number of ether oxygens (including phenoxy) is 2. The highest BCUT2D eigenvalue weighted by molar-refractivity contribution is 7.46. The van der Waals surface area contributed by atoms with Crippen LogP contribution in [-0.4, -0.2) is 41.0 Å². The molecule has 0 aliphatic heterocycles. The Labute approximate surface area is 273 Å². The Hall–Kier alpha value is -2.25. The molecule has 258 valence electrons. The van der Waals surface area contributed by atoms with E-state index < -0.39 is 32.5 Å². The van der Waals surface area contributed by atoms with Crippen molar-refractivity contribution in [2.24, 2.45) is 0 Å². The Morgan fingerprint density at radius 1 is 0.600 bits per heavy atom. The first kappa shape index (κ1) is 42.8. The minimum atomic E-state index is -4.76. The van der Waals surface area contributed by atoms with Crippen molar-refractivity contribution in [3.63, 3.8) is 0 Å². The SMILES string of the molecule is CC/C=C/C/C=C/C/C=C/C/C=C/CCCCC(=O)O[C@H](COC(=O)CCCCCCC/C=C/CCCCC)COP(=O)(O)O. The second-order valence-corrected chi connectivity index (χ2v) is 12.3. The van der Waals surface area contributed by atoms with Crippen LogP contribution in [0.2, 0.25) is 0 Å². The highest BCUT2D eigenvalue weighted by Crippen LogP contribution is 2.35. The summed E-state index contributed by atoms with van der Waals surface area (Å²) in [6.45, 7) is 3.47. The zero-order chi connectivity index (χ0) is 33.3. The largest absolute Gasteiger partial charge is 0.469 e. The Balaban J connectivity index is 4.13. The topological polar surface area (TPSA) is 119 Å². The lowest BCUT2D eigenvalue weighted by atomic mass is 10.1. The van der Waals surface area contributed by atoms with E-state index in [1.807, 2.05) is 0 Å². The van der Waals surface area contributed by atoms with Crippen molar-refractivity contribution >= 4 is 19.8 Å². The first-order valence-electron chi connectivity index (χ1n) is 17.1. The van der Waals surface area contributed by atoms with Gasteiger partial charge >= 0.3 is 19.8 Å². The first-order valence-corrected chi connectivity index (χ1v) is 18.6. The van der Waals surface area contributed by atoms with Crippen molar-refractivity contribution in [2.75, 3.05) is 13.2 Å². The summed E-state index contributed by atoms with van der Waals surface area (Å²) in [4.78, 5) is 42.5. The maximum Gasteiger partial charge on any atom is 0.469 e. The standard InChI is InChI=1S/C36H61O8P/c1-3-5-7-9-11-13-15-17-18-19-21-23-25-27-29-31-36(38)44-34(33-43-45(39,40)41)32-42-35(37)30-28-26-24-22-20-16-14-12-10-8-6-4-2/h5,7,11-14,17-18,21,23,34H,3-4,6,8-10,15-16,19-20,22,24-33H2,1-2H3,(H2,39,40,41)/b7-5+,13-11+,14-12+,18-17+,23-21+/t34-/m1/s1. The maximum atomic E-state index is 12.3. The summed E-state index contributed by atoms with van der Waals surface area (Å²) in [7, 11) is -4.76. The van der Waals surface area contributed by atoms with Gasteiger partial charge in [-0.3, -0.25) is 14.1 Å². The third-order valence-electron chi connectivity index (χ3n) is 6.77. The van der Waals surface area contributed by atoms with Gasteiger partial charge in [-0.1, -0.05) is 107 Å². The lowest BCUT2D eigenvalue weighted by molar-refractivity contribution is -0.161. The normalized spacial score (nSPS) is 13.2. The van der Waals surface area contributed by atoms with Gasteiger partial charge in [0.05, 0.1) is 6.61 Å². The highest BCUT2D eigenvalue weighted by Gasteiger charge is 2.22. The van der Waals surface area contributed by atoms with Gasteiger partial charge in [0.25, 0.3) is 0 Å². The molecule has 0 aromatic rings. The molecule has 0 saturated heterocycles. The van der Waals surface area contributed by atoms with Gasteiger partial charge in [0, 0.05) is 12.8 Å². The molecule has 0 saturated carbocycles. The van der Waals surface area contributed by atoms with Crippen molar-refractivity contribution < 1.29 is 37.9 Å². The van der Waals surface area contributed by atoms with Crippen molar-refractivity contribution in [1.29, 1.82) is 0 Å². The predicted octanol–water partition coefficient (Wildman–Crippen LogP) is 9.78. The third kappa shape index (κ3) is 34.5. The summed E-state index contributed by atoms with van der Waals surface area (Å²) in [5.41, 5.74) is 0. The minimum absolute atomic E-state index is 0.155. The van der Waals surface area contributed by atoms with E-state index in [1.165, 1.54) is 19.3 Å². The summed E-state index contributed by atoms with van der Waals surface area (Å²) >= 11 is 0. The van der Waals surface area contributed by atoms with Crippen LogP contribution in [0.5, 0.6) is 0 Å². The van der Waals surface area contributed by atoms with Gasteiger partial charge < -0.3 is 19.3 Å². The summed E-state index contributed by atoms with van der Waals surface area (Å²) < 4.78 is 26.2. The number of carbonyl (C=O) groups excluding carboxylic acids is 2. The van der Waals surface area contributed by atoms with Gasteiger partial charge in [0.2, 0.25) is 0 Å². The molecule has 0 unspecified atom stereocenters. The molecule has 0 spiro atoms. The van der Waals surface area contributed by atoms with Gasteiger partial charge in [-0.15, -0.1) is 0 Å². The molecule has 8 nitrogen and oxygen atoms in total. The summed E-state index contributed by atoms with van der Waals surface area (Å²) in [5.74, 6) is -0.952. The van der Waals surface area contributed by atoms with Crippen LogP contribution >= 0.6 is 7.82 Å². The Morgan fingerprint density at radius 2 is 1.07 bits per heavy atom. The zero-order valence-electron chi connectivity index (χ0n) is 28.0. The molecule has 0 aromatic carbocycles. The van der Waals surface area contributed by atoms with E-state index in [1.54, 1.807) is 0 Å². The molecule has 0 bridgehead atoms. The number of unbranched alkanes of at least 4 members (excludes halogenated alkanes) is 10. The van der Waals surface area contributed by atoms with E-state index in [4.69, 9.17) is 19.3 Å². The fourth-order valence-corrected chi connectivity index (χ4v) is 4.60. The molecule has 1 atom stereocenters. The van der Waals surface area contributed by atoms with E-state index in [0.29, 0.717) is 12.8 Å². The Kier molecular flexibility index (Phi) is 30.1. The molecule has 0 amide bonds. The number of hydrogen-bond acceptors (Lipinski definition) is 6. The minimum Gasteiger partial charge on any atom is -0.462 e. The molecular formula is C36H61O8P. The smallest absolute Gasteiger partial charge is 0.462 e. The van der Waals surface area contributed by atoms with Crippen LogP contribution in [0.1, 0.15) is 136 Å². The fourth-order valence-electron chi connectivity index (χ4n) is 4.24. The van der Waals surface area contributed by atoms with Crippen molar-refractivity contribution in [3.8, 4) is 0 Å². The monoisotopic (exact) mass is 652 g/mol. The molecule has 0 aliphatic carbocycles. The predicted molar refractivity (Wildman–Crippen MR) is 184 cm³/mol. The van der Waals surface area contributed by atoms with Gasteiger partial charge in [-0.05, 0) is 77.0 Å². The lowest BCUT2D eigenvalue weighted by Crippen LogP contribution is -2.29. The molecule has 0 radical (unpaired) electrons. The van der Waals surface area contributed by atoms with E-state index in [9.17, 15) is 14.2 Å². The van der Waals surface area contributed by atoms with Crippen LogP contribution in [0.15, 0.2) is 60.8 Å². The first-order chi connectivity index (χ1) is 21.8. The van der Waals surface area contributed by atoms with Crippen LogP contribution in [0.4, 0.5) is 0 Å². The molecule has 45 heavy (non-hydrogen) atoms. The highest BCUT2D eigenvalue weighted by atomic mass is 31.2. The van der Waals surface area contributed by atoms with E-state index in [2.05, 4.69) is 79.1 Å². The van der Waals surface area contributed by atoms with Crippen molar-refractivity contribution in [3.05, 3.63) is 60.8 Å². The van der Waals surface area contributed by atoms with E-state index in [-0.39, 0.29) is 19.4 Å². The van der Waals surface area contributed by atoms with Gasteiger partial charge in [-0.2, -0.15) is 0 Å². The second-order valence-electron chi connectivity index (χ2n) is 11.1. The molecule has 9 heteroatoms. The zero-order valence-corrected chi connectivity index (χ0v) is 28.9. The number of allylic oxidation sites excluding steroid dienone is 10. The summed E-state index contributed by atoms with van der Waals surface area (Å²) in [6, 6.07) is 0. The van der Waals surface area contributed by atoms with Gasteiger partial charge in [-0.25, -0.2) is 4.57 Å². The molecular weight excluding hydrogens is 591 g/mol.